The van der Waals surface area contributed by atoms with Gasteiger partial charge in [-0.1, -0.05) is 5.16 Å². The Morgan fingerprint density at radius 1 is 1.19 bits per heavy atom. The minimum absolute atomic E-state index is 0.0541. The summed E-state index contributed by atoms with van der Waals surface area (Å²) in [5.41, 5.74) is -0.0562. The summed E-state index contributed by atoms with van der Waals surface area (Å²) in [5, 5.41) is 10.6. The molecular weight excluding hydrogens is 425 g/mol. The third-order valence-electron chi connectivity index (χ3n) is 5.26. The first kappa shape index (κ1) is 20.4. The molecule has 0 bridgehead atoms. The van der Waals surface area contributed by atoms with Crippen LogP contribution in [-0.4, -0.2) is 49.2 Å². The van der Waals surface area contributed by atoms with E-state index >= 15 is 0 Å². The van der Waals surface area contributed by atoms with Crippen molar-refractivity contribution in [2.75, 3.05) is 18.4 Å². The van der Waals surface area contributed by atoms with Gasteiger partial charge in [0.15, 0.2) is 5.82 Å². The van der Waals surface area contributed by atoms with Crippen LogP contribution in [0, 0.1) is 6.92 Å². The van der Waals surface area contributed by atoms with E-state index in [0.717, 1.165) is 25.6 Å². The Bertz CT molecular complexity index is 1260. The molecule has 5 rings (SSSR count). The van der Waals surface area contributed by atoms with Gasteiger partial charge in [-0.15, -0.1) is 0 Å². The first-order valence-electron chi connectivity index (χ1n) is 10.1. The Labute approximate surface area is 179 Å². The van der Waals surface area contributed by atoms with Crippen LogP contribution >= 0.6 is 0 Å². The molecule has 1 fully saturated rings. The molecule has 1 aliphatic rings. The fourth-order valence-electron chi connectivity index (χ4n) is 3.74. The molecule has 9 nitrogen and oxygen atoms in total. The summed E-state index contributed by atoms with van der Waals surface area (Å²) in [6.07, 6.45) is -0.464. The highest BCUT2D eigenvalue weighted by Gasteiger charge is 2.36. The van der Waals surface area contributed by atoms with Gasteiger partial charge in [0.05, 0.1) is 5.69 Å². The van der Waals surface area contributed by atoms with Gasteiger partial charge in [-0.05, 0) is 38.4 Å². The monoisotopic (exact) mass is 444 g/mol. The third-order valence-corrected chi connectivity index (χ3v) is 5.26. The molecule has 0 aliphatic carbocycles. The third kappa shape index (κ3) is 3.88. The van der Waals surface area contributed by atoms with Gasteiger partial charge >= 0.3 is 6.18 Å². The van der Waals surface area contributed by atoms with Crippen molar-refractivity contribution in [3.05, 3.63) is 35.9 Å². The number of alkyl halides is 3. The summed E-state index contributed by atoms with van der Waals surface area (Å²) in [5.74, 6) is 0.839. The van der Waals surface area contributed by atoms with Crippen molar-refractivity contribution >= 4 is 17.0 Å². The Morgan fingerprint density at radius 2 is 2.06 bits per heavy atom. The maximum atomic E-state index is 13.8. The summed E-state index contributed by atoms with van der Waals surface area (Å²) in [6, 6.07) is 3.33. The van der Waals surface area contributed by atoms with Crippen molar-refractivity contribution in [1.29, 1.82) is 0 Å². The fraction of sp³-hybridized carbons (Fsp3) is 0.350. The summed E-state index contributed by atoms with van der Waals surface area (Å²) in [4.78, 5) is 19.6. The van der Waals surface area contributed by atoms with E-state index in [4.69, 9.17) is 4.52 Å². The molecule has 0 aromatic carbocycles. The predicted molar refractivity (Wildman–Crippen MR) is 110 cm³/mol. The van der Waals surface area contributed by atoms with Gasteiger partial charge in [0.25, 0.3) is 5.89 Å². The van der Waals surface area contributed by atoms with Gasteiger partial charge < -0.3 is 20.1 Å². The maximum absolute atomic E-state index is 13.8. The van der Waals surface area contributed by atoms with Gasteiger partial charge in [0, 0.05) is 35.9 Å². The SMILES string of the molecule is Cc1noc(-c2ccc3c(-c4nc(N[C@H]5CCCNC5)ncc4C(F)(F)F)c[nH]c3n2)n1. The molecule has 1 atom stereocenters. The Kier molecular flexibility index (Phi) is 5.00. The maximum Gasteiger partial charge on any atom is 0.419 e. The average Bonchev–Trinajstić information content (AvgIpc) is 3.39. The van der Waals surface area contributed by atoms with Crippen LogP contribution in [0.25, 0.3) is 33.9 Å². The first-order valence-corrected chi connectivity index (χ1v) is 10.1. The zero-order valence-corrected chi connectivity index (χ0v) is 17.0. The van der Waals surface area contributed by atoms with E-state index in [1.807, 2.05) is 0 Å². The van der Waals surface area contributed by atoms with E-state index in [2.05, 4.69) is 40.7 Å². The molecule has 1 saturated heterocycles. The van der Waals surface area contributed by atoms with E-state index in [-0.39, 0.29) is 29.1 Å². The van der Waals surface area contributed by atoms with Crippen LogP contribution in [0.1, 0.15) is 24.2 Å². The Hall–Kier alpha value is -3.54. The number of aryl methyl sites for hydroxylation is 1. The molecular formula is C20H19F3N8O. The highest BCUT2D eigenvalue weighted by atomic mass is 19.4. The summed E-state index contributed by atoms with van der Waals surface area (Å²) in [6.45, 7) is 3.31. The van der Waals surface area contributed by atoms with Gasteiger partial charge in [-0.25, -0.2) is 15.0 Å². The molecule has 5 heterocycles. The molecule has 3 N–H and O–H groups in total. The lowest BCUT2D eigenvalue weighted by atomic mass is 10.1. The second-order valence-electron chi connectivity index (χ2n) is 7.58. The van der Waals surface area contributed by atoms with E-state index in [9.17, 15) is 13.2 Å². The summed E-state index contributed by atoms with van der Waals surface area (Å²) < 4.78 is 46.4. The second-order valence-corrected chi connectivity index (χ2v) is 7.58. The number of halogens is 3. The quantitative estimate of drug-likeness (QED) is 0.437. The van der Waals surface area contributed by atoms with Gasteiger partial charge in [-0.2, -0.15) is 18.2 Å². The van der Waals surface area contributed by atoms with E-state index in [0.29, 0.717) is 29.1 Å². The number of pyridine rings is 1. The topological polar surface area (TPSA) is 117 Å². The lowest BCUT2D eigenvalue weighted by molar-refractivity contribution is -0.137. The zero-order chi connectivity index (χ0) is 22.3. The van der Waals surface area contributed by atoms with E-state index < -0.39 is 11.7 Å². The van der Waals surface area contributed by atoms with Crippen molar-refractivity contribution in [1.82, 2.24) is 35.4 Å². The van der Waals surface area contributed by atoms with Crippen LogP contribution in [0.4, 0.5) is 19.1 Å². The molecule has 166 valence electrons. The van der Waals surface area contributed by atoms with Crippen molar-refractivity contribution in [2.45, 2.75) is 32.0 Å². The zero-order valence-electron chi connectivity index (χ0n) is 17.0. The lowest BCUT2D eigenvalue weighted by Gasteiger charge is -2.24. The Morgan fingerprint density at radius 3 is 2.78 bits per heavy atom. The van der Waals surface area contributed by atoms with Crippen molar-refractivity contribution in [3.8, 4) is 22.8 Å². The van der Waals surface area contributed by atoms with Crippen molar-refractivity contribution in [2.24, 2.45) is 0 Å². The molecule has 0 radical (unpaired) electrons. The average molecular weight is 444 g/mol. The molecule has 0 amide bonds. The van der Waals surface area contributed by atoms with Gasteiger partial charge in [0.1, 0.15) is 16.9 Å². The molecule has 12 heteroatoms. The number of aromatic nitrogens is 6. The molecule has 0 unspecified atom stereocenters. The summed E-state index contributed by atoms with van der Waals surface area (Å²) in [7, 11) is 0. The van der Waals surface area contributed by atoms with Gasteiger partial charge in [0.2, 0.25) is 5.95 Å². The minimum atomic E-state index is -4.61. The molecule has 0 spiro atoms. The molecule has 0 saturated carbocycles. The number of rotatable bonds is 4. The highest BCUT2D eigenvalue weighted by molar-refractivity contribution is 5.94. The number of fused-ring (bicyclic) bond motifs is 1. The molecule has 4 aromatic heterocycles. The second kappa shape index (κ2) is 7.86. The number of aromatic amines is 1. The number of H-pyrrole nitrogens is 1. The normalized spacial score (nSPS) is 17.1. The van der Waals surface area contributed by atoms with E-state index in [1.165, 1.54) is 6.20 Å². The van der Waals surface area contributed by atoms with Crippen LogP contribution in [0.15, 0.2) is 29.0 Å². The van der Waals surface area contributed by atoms with Crippen molar-refractivity contribution < 1.29 is 17.7 Å². The lowest BCUT2D eigenvalue weighted by Crippen LogP contribution is -2.38. The van der Waals surface area contributed by atoms with Crippen LogP contribution in [0.2, 0.25) is 0 Å². The highest BCUT2D eigenvalue weighted by Crippen LogP contribution is 2.38. The number of nitrogens with one attached hydrogen (secondary N) is 3. The first-order chi connectivity index (χ1) is 15.4. The minimum Gasteiger partial charge on any atom is -0.350 e. The van der Waals surface area contributed by atoms with Crippen LogP contribution in [0.5, 0.6) is 0 Å². The number of anilines is 1. The summed E-state index contributed by atoms with van der Waals surface area (Å²) >= 11 is 0. The van der Waals surface area contributed by atoms with Crippen LogP contribution in [0.3, 0.4) is 0 Å². The standard InChI is InChI=1S/C20H19F3N8O/c1-10-27-18(32-31-10)15-5-4-12-13(8-25-17(12)29-15)16-14(20(21,22)23)9-26-19(30-16)28-11-3-2-6-24-7-11/h4-5,8-9,11,24H,2-3,6-7H2,1H3,(H,25,29)(H,26,28,30)/t11-/m0/s1. The van der Waals surface area contributed by atoms with Crippen molar-refractivity contribution in [3.63, 3.8) is 0 Å². The Balaban J connectivity index is 1.56. The van der Waals surface area contributed by atoms with Crippen LogP contribution in [-0.2, 0) is 6.18 Å². The number of piperidine rings is 1. The largest absolute Gasteiger partial charge is 0.419 e. The molecule has 1 aliphatic heterocycles. The van der Waals surface area contributed by atoms with E-state index in [1.54, 1.807) is 19.1 Å². The smallest absolute Gasteiger partial charge is 0.350 e. The number of nitrogens with zero attached hydrogens (tertiary/aromatic N) is 5. The number of hydrogen-bond acceptors (Lipinski definition) is 8. The number of hydrogen-bond donors (Lipinski definition) is 3. The van der Waals surface area contributed by atoms with Crippen LogP contribution < -0.4 is 10.6 Å². The predicted octanol–water partition coefficient (Wildman–Crippen LogP) is 3.56. The molecule has 32 heavy (non-hydrogen) atoms. The molecule has 4 aromatic rings. The van der Waals surface area contributed by atoms with Gasteiger partial charge in [-0.3, -0.25) is 0 Å². The fourth-order valence-corrected chi connectivity index (χ4v) is 3.74.